The molecule has 0 fully saturated rings. The van der Waals surface area contributed by atoms with Crippen LogP contribution in [0.2, 0.25) is 5.02 Å². The number of amides is 1. The van der Waals surface area contributed by atoms with Gasteiger partial charge in [0.05, 0.1) is 23.1 Å². The number of rotatable bonds is 4. The van der Waals surface area contributed by atoms with Gasteiger partial charge in [-0.3, -0.25) is 4.79 Å². The summed E-state index contributed by atoms with van der Waals surface area (Å²) in [6, 6.07) is 12.6. The van der Waals surface area contributed by atoms with Crippen molar-refractivity contribution in [2.75, 3.05) is 11.6 Å². The first-order valence-corrected chi connectivity index (χ1v) is 9.27. The molecule has 1 N–H and O–H groups in total. The number of nitrogens with zero attached hydrogens (tertiary/aromatic N) is 2. The molecule has 27 heavy (non-hydrogen) atoms. The summed E-state index contributed by atoms with van der Waals surface area (Å²) in [4.78, 5) is 13.3. The van der Waals surface area contributed by atoms with E-state index >= 15 is 0 Å². The number of carbonyl (C=O) groups excluding carboxylic acids is 1. The average molecular weight is 412 g/mol. The van der Waals surface area contributed by atoms with E-state index in [2.05, 4.69) is 10.4 Å². The molecule has 0 saturated carbocycles. The maximum Gasteiger partial charge on any atom is 0.434 e. The first kappa shape index (κ1) is 19.3. The fourth-order valence-corrected chi connectivity index (χ4v) is 3.18. The van der Waals surface area contributed by atoms with Gasteiger partial charge in [0.15, 0.2) is 5.69 Å². The Morgan fingerprint density at radius 3 is 2.44 bits per heavy atom. The number of alkyl halides is 3. The summed E-state index contributed by atoms with van der Waals surface area (Å²) < 4.78 is 41.7. The summed E-state index contributed by atoms with van der Waals surface area (Å²) in [5, 5.41) is 6.69. The van der Waals surface area contributed by atoms with Crippen LogP contribution in [0.1, 0.15) is 16.1 Å². The Morgan fingerprint density at radius 1 is 1.15 bits per heavy atom. The van der Waals surface area contributed by atoms with Gasteiger partial charge in [0.1, 0.15) is 0 Å². The Hall–Kier alpha value is -2.45. The van der Waals surface area contributed by atoms with Crippen LogP contribution < -0.4 is 5.32 Å². The maximum atomic E-state index is 13.7. The fraction of sp³-hybridized carbons (Fsp3) is 0.111. The molecule has 0 unspecified atom stereocenters. The molecule has 4 nitrogen and oxygen atoms in total. The van der Waals surface area contributed by atoms with E-state index in [9.17, 15) is 18.0 Å². The van der Waals surface area contributed by atoms with E-state index < -0.39 is 23.3 Å². The molecule has 0 aliphatic carbocycles. The number of nitrogens with one attached hydrogen (secondary N) is 1. The van der Waals surface area contributed by atoms with Crippen LogP contribution in [-0.4, -0.2) is 21.9 Å². The number of halogens is 4. The number of thioether (sulfide) groups is 1. The molecule has 1 aromatic heterocycles. The van der Waals surface area contributed by atoms with Gasteiger partial charge in [-0.1, -0.05) is 23.7 Å². The molecular formula is C18H13ClF3N3OS. The second kappa shape index (κ2) is 7.66. The van der Waals surface area contributed by atoms with E-state index in [0.29, 0.717) is 15.4 Å². The van der Waals surface area contributed by atoms with Crippen molar-refractivity contribution in [1.82, 2.24) is 9.78 Å². The Labute approximate surface area is 162 Å². The van der Waals surface area contributed by atoms with Crippen LogP contribution in [0.5, 0.6) is 0 Å². The third kappa shape index (κ3) is 4.12. The van der Waals surface area contributed by atoms with Crippen LogP contribution in [0.4, 0.5) is 18.9 Å². The number of hydrogen-bond acceptors (Lipinski definition) is 3. The van der Waals surface area contributed by atoms with E-state index in [1.54, 1.807) is 24.3 Å². The fourth-order valence-electron chi connectivity index (χ4n) is 2.50. The van der Waals surface area contributed by atoms with Crippen molar-refractivity contribution in [2.45, 2.75) is 11.1 Å². The summed E-state index contributed by atoms with van der Waals surface area (Å²) in [6.07, 6.45) is -2.05. The Bertz CT molecular complexity index is 971. The van der Waals surface area contributed by atoms with Crippen LogP contribution in [0.25, 0.3) is 5.69 Å². The quantitative estimate of drug-likeness (QED) is 0.575. The molecule has 3 rings (SSSR count). The van der Waals surface area contributed by atoms with Gasteiger partial charge in [0.2, 0.25) is 0 Å². The first-order chi connectivity index (χ1) is 12.8. The van der Waals surface area contributed by atoms with Gasteiger partial charge >= 0.3 is 6.18 Å². The smallest absolute Gasteiger partial charge is 0.321 e. The first-order valence-electron chi connectivity index (χ1n) is 7.67. The predicted octanol–water partition coefficient (Wildman–Crippen LogP) is 5.52. The lowest BCUT2D eigenvalue weighted by atomic mass is 10.2. The zero-order valence-corrected chi connectivity index (χ0v) is 15.5. The number of anilines is 1. The monoisotopic (exact) mass is 411 g/mol. The van der Waals surface area contributed by atoms with E-state index in [1.165, 1.54) is 36.0 Å². The lowest BCUT2D eigenvalue weighted by Crippen LogP contribution is -2.21. The minimum Gasteiger partial charge on any atom is -0.321 e. The third-order valence-electron chi connectivity index (χ3n) is 3.71. The highest BCUT2D eigenvalue weighted by molar-refractivity contribution is 7.98. The van der Waals surface area contributed by atoms with Crippen LogP contribution in [0.15, 0.2) is 59.6 Å². The highest BCUT2D eigenvalue weighted by atomic mass is 35.5. The molecule has 1 heterocycles. The van der Waals surface area contributed by atoms with Crippen molar-refractivity contribution in [2.24, 2.45) is 0 Å². The second-order valence-corrected chi connectivity index (χ2v) is 6.73. The van der Waals surface area contributed by atoms with Crippen molar-refractivity contribution in [3.63, 3.8) is 0 Å². The van der Waals surface area contributed by atoms with Gasteiger partial charge in [-0.05, 0) is 42.7 Å². The minimum atomic E-state index is -4.78. The molecule has 3 aromatic rings. The Balaban J connectivity index is 2.03. The zero-order valence-electron chi connectivity index (χ0n) is 13.9. The molecule has 140 valence electrons. The number of aromatic nitrogens is 2. The van der Waals surface area contributed by atoms with Crippen molar-refractivity contribution in [3.8, 4) is 5.69 Å². The van der Waals surface area contributed by atoms with Crippen LogP contribution in [-0.2, 0) is 6.18 Å². The van der Waals surface area contributed by atoms with Gasteiger partial charge in [-0.15, -0.1) is 11.8 Å². The highest BCUT2D eigenvalue weighted by Crippen LogP contribution is 2.34. The Kier molecular flexibility index (Phi) is 5.48. The summed E-state index contributed by atoms with van der Waals surface area (Å²) >= 11 is 7.16. The largest absolute Gasteiger partial charge is 0.434 e. The summed E-state index contributed by atoms with van der Waals surface area (Å²) in [5.74, 6) is -0.885. The average Bonchev–Trinajstić information content (AvgIpc) is 3.08. The Morgan fingerprint density at radius 2 is 1.81 bits per heavy atom. The maximum absolute atomic E-state index is 13.7. The van der Waals surface area contributed by atoms with Gasteiger partial charge in [0.25, 0.3) is 5.91 Å². The van der Waals surface area contributed by atoms with E-state index in [0.717, 1.165) is 11.1 Å². The number of carbonyl (C=O) groups is 1. The molecule has 0 bridgehead atoms. The molecule has 0 saturated heterocycles. The van der Waals surface area contributed by atoms with E-state index in [1.807, 2.05) is 6.26 Å². The van der Waals surface area contributed by atoms with Crippen molar-refractivity contribution in [1.29, 1.82) is 0 Å². The van der Waals surface area contributed by atoms with Crippen molar-refractivity contribution in [3.05, 3.63) is 71.0 Å². The van der Waals surface area contributed by atoms with Crippen molar-refractivity contribution >= 4 is 35.0 Å². The van der Waals surface area contributed by atoms with Gasteiger partial charge in [-0.25, -0.2) is 4.68 Å². The number of hydrogen-bond donors (Lipinski definition) is 1. The summed E-state index contributed by atoms with van der Waals surface area (Å²) in [7, 11) is 0. The van der Waals surface area contributed by atoms with Crippen molar-refractivity contribution < 1.29 is 18.0 Å². The molecule has 9 heteroatoms. The molecule has 0 aliphatic rings. The van der Waals surface area contributed by atoms with Gasteiger partial charge < -0.3 is 5.32 Å². The predicted molar refractivity (Wildman–Crippen MR) is 99.8 cm³/mol. The lowest BCUT2D eigenvalue weighted by Gasteiger charge is -2.13. The SMILES string of the molecule is CSc1ccccc1NC(=O)c1cnn(-c2ccc(Cl)cc2)c1C(F)(F)F. The molecular weight excluding hydrogens is 399 g/mol. The zero-order chi connectivity index (χ0) is 19.6. The van der Waals surface area contributed by atoms with Gasteiger partial charge in [0, 0.05) is 9.92 Å². The van der Waals surface area contributed by atoms with Crippen LogP contribution in [0.3, 0.4) is 0 Å². The summed E-state index contributed by atoms with van der Waals surface area (Å²) in [5.41, 5.74) is -1.13. The topological polar surface area (TPSA) is 46.9 Å². The van der Waals surface area contributed by atoms with Crippen LogP contribution >= 0.6 is 23.4 Å². The van der Waals surface area contributed by atoms with Gasteiger partial charge in [-0.2, -0.15) is 18.3 Å². The molecule has 0 aliphatic heterocycles. The molecule has 2 aromatic carbocycles. The number of benzene rings is 2. The highest BCUT2D eigenvalue weighted by Gasteiger charge is 2.40. The number of para-hydroxylation sites is 1. The molecule has 0 radical (unpaired) electrons. The standard InChI is InChI=1S/C18H13ClF3N3OS/c1-27-15-5-3-2-4-14(15)24-17(26)13-10-23-25(16(13)18(20,21)22)12-8-6-11(19)7-9-12/h2-10H,1H3,(H,24,26). The molecule has 1 amide bonds. The van der Waals surface area contributed by atoms with E-state index in [-0.39, 0.29) is 5.69 Å². The lowest BCUT2D eigenvalue weighted by molar-refractivity contribution is -0.143. The van der Waals surface area contributed by atoms with Crippen LogP contribution in [0, 0.1) is 0 Å². The summed E-state index contributed by atoms with van der Waals surface area (Å²) in [6.45, 7) is 0. The van der Waals surface area contributed by atoms with E-state index in [4.69, 9.17) is 11.6 Å². The molecule has 0 atom stereocenters. The third-order valence-corrected chi connectivity index (χ3v) is 4.76. The normalized spacial score (nSPS) is 11.4. The molecule has 0 spiro atoms. The minimum absolute atomic E-state index is 0.148. The second-order valence-electron chi connectivity index (χ2n) is 5.45.